The maximum absolute atomic E-state index is 12.5. The highest BCUT2D eigenvalue weighted by Crippen LogP contribution is 2.31. The van der Waals surface area contributed by atoms with Gasteiger partial charge in [-0.05, 0) is 25.0 Å². The first-order valence-corrected chi connectivity index (χ1v) is 7.99. The molecule has 1 aromatic carbocycles. The first-order chi connectivity index (χ1) is 10.6. The summed E-state index contributed by atoms with van der Waals surface area (Å²) >= 11 is 0. The zero-order valence-electron chi connectivity index (χ0n) is 13.6. The number of nitrogens with two attached hydrogens (primary N) is 1. The first-order valence-electron chi connectivity index (χ1n) is 7.99. The third kappa shape index (κ3) is 3.71. The van der Waals surface area contributed by atoms with Crippen molar-refractivity contribution in [1.29, 1.82) is 0 Å². The molecule has 0 fully saturated rings. The van der Waals surface area contributed by atoms with Gasteiger partial charge in [0.15, 0.2) is 17.6 Å². The number of carbonyl (C=O) groups excluding carboxylic acids is 1. The second kappa shape index (κ2) is 7.49. The molecule has 122 valence electrons. The lowest BCUT2D eigenvalue weighted by atomic mass is 9.99. The molecule has 0 saturated carbocycles. The lowest BCUT2D eigenvalue weighted by molar-refractivity contribution is -0.135. The van der Waals surface area contributed by atoms with E-state index in [1.54, 1.807) is 4.90 Å². The van der Waals surface area contributed by atoms with E-state index in [1.807, 2.05) is 45.0 Å². The molecule has 0 spiro atoms. The predicted octanol–water partition coefficient (Wildman–Crippen LogP) is 2.05. The Labute approximate surface area is 132 Å². The van der Waals surface area contributed by atoms with Crippen LogP contribution in [0.15, 0.2) is 24.3 Å². The van der Waals surface area contributed by atoms with Crippen molar-refractivity contribution in [2.75, 3.05) is 19.7 Å². The van der Waals surface area contributed by atoms with Gasteiger partial charge in [-0.25, -0.2) is 0 Å². The Bertz CT molecular complexity index is 506. The molecule has 0 bridgehead atoms. The number of fused-ring (bicyclic) bond motifs is 1. The minimum atomic E-state index is -0.457. The van der Waals surface area contributed by atoms with E-state index in [4.69, 9.17) is 15.2 Å². The van der Waals surface area contributed by atoms with Crippen LogP contribution in [0.2, 0.25) is 0 Å². The monoisotopic (exact) mass is 306 g/mol. The van der Waals surface area contributed by atoms with E-state index in [0.717, 1.165) is 17.9 Å². The zero-order valence-corrected chi connectivity index (χ0v) is 13.6. The summed E-state index contributed by atoms with van der Waals surface area (Å²) in [5, 5.41) is 0. The standard InChI is InChI=1S/C17H26N2O3/c1-4-12(3)16(18)17(20)19(5-2)10-13-11-21-14-8-6-7-9-15(14)22-13/h6-9,12-13,16H,4-5,10-11,18H2,1-3H3. The molecule has 3 unspecified atom stereocenters. The van der Waals surface area contributed by atoms with Crippen LogP contribution in [0.5, 0.6) is 11.5 Å². The summed E-state index contributed by atoms with van der Waals surface area (Å²) in [4.78, 5) is 14.3. The molecule has 3 atom stereocenters. The van der Waals surface area contributed by atoms with Gasteiger partial charge < -0.3 is 20.1 Å². The van der Waals surface area contributed by atoms with Gasteiger partial charge in [-0.2, -0.15) is 0 Å². The van der Waals surface area contributed by atoms with Gasteiger partial charge in [0.25, 0.3) is 0 Å². The summed E-state index contributed by atoms with van der Waals surface area (Å²) in [5.41, 5.74) is 6.07. The quantitative estimate of drug-likeness (QED) is 0.873. The fourth-order valence-electron chi connectivity index (χ4n) is 2.48. The van der Waals surface area contributed by atoms with Gasteiger partial charge in [-0.3, -0.25) is 4.79 Å². The topological polar surface area (TPSA) is 64.8 Å². The van der Waals surface area contributed by atoms with Gasteiger partial charge in [0.1, 0.15) is 6.61 Å². The number of rotatable bonds is 6. The van der Waals surface area contributed by atoms with E-state index < -0.39 is 6.04 Å². The van der Waals surface area contributed by atoms with Crippen molar-refractivity contribution >= 4 is 5.91 Å². The lowest BCUT2D eigenvalue weighted by Gasteiger charge is -2.32. The molecule has 1 aliphatic rings. The third-order valence-electron chi connectivity index (χ3n) is 4.23. The van der Waals surface area contributed by atoms with Crippen molar-refractivity contribution in [3.8, 4) is 11.5 Å². The average Bonchev–Trinajstić information content (AvgIpc) is 2.57. The molecule has 1 amide bonds. The summed E-state index contributed by atoms with van der Waals surface area (Å²) in [6.07, 6.45) is 0.726. The van der Waals surface area contributed by atoms with Crippen LogP contribution in [0.4, 0.5) is 0 Å². The van der Waals surface area contributed by atoms with Crippen molar-refractivity contribution in [3.05, 3.63) is 24.3 Å². The van der Waals surface area contributed by atoms with Gasteiger partial charge in [-0.15, -0.1) is 0 Å². The normalized spacial score (nSPS) is 19.4. The van der Waals surface area contributed by atoms with E-state index in [1.165, 1.54) is 0 Å². The van der Waals surface area contributed by atoms with Gasteiger partial charge in [0.2, 0.25) is 5.91 Å². The predicted molar refractivity (Wildman–Crippen MR) is 86.0 cm³/mol. The van der Waals surface area contributed by atoms with Gasteiger partial charge >= 0.3 is 0 Å². The van der Waals surface area contributed by atoms with E-state index in [2.05, 4.69) is 0 Å². The lowest BCUT2D eigenvalue weighted by Crippen LogP contribution is -2.51. The molecule has 2 N–H and O–H groups in total. The average molecular weight is 306 g/mol. The minimum Gasteiger partial charge on any atom is -0.486 e. The van der Waals surface area contributed by atoms with Crippen molar-refractivity contribution in [2.24, 2.45) is 11.7 Å². The number of benzene rings is 1. The van der Waals surface area contributed by atoms with Crippen LogP contribution in [0, 0.1) is 5.92 Å². The number of likely N-dealkylation sites (N-methyl/N-ethyl adjacent to an activating group) is 1. The summed E-state index contributed by atoms with van der Waals surface area (Å²) in [5.74, 6) is 1.64. The number of nitrogens with zero attached hydrogens (tertiary/aromatic N) is 1. The third-order valence-corrected chi connectivity index (χ3v) is 4.23. The highest BCUT2D eigenvalue weighted by Gasteiger charge is 2.28. The maximum Gasteiger partial charge on any atom is 0.239 e. The Morgan fingerprint density at radius 1 is 1.36 bits per heavy atom. The zero-order chi connectivity index (χ0) is 16.1. The number of hydrogen-bond acceptors (Lipinski definition) is 4. The molecule has 0 saturated heterocycles. The Morgan fingerprint density at radius 3 is 2.68 bits per heavy atom. The van der Waals surface area contributed by atoms with Crippen molar-refractivity contribution in [1.82, 2.24) is 4.90 Å². The van der Waals surface area contributed by atoms with Crippen LogP contribution in [-0.2, 0) is 4.79 Å². The van der Waals surface area contributed by atoms with Crippen LogP contribution in [-0.4, -0.2) is 42.6 Å². The summed E-state index contributed by atoms with van der Waals surface area (Å²) < 4.78 is 11.6. The molecule has 5 heteroatoms. The van der Waals surface area contributed by atoms with Crippen LogP contribution in [0.25, 0.3) is 0 Å². The molecular weight excluding hydrogens is 280 g/mol. The minimum absolute atomic E-state index is 0.0145. The number of hydrogen-bond donors (Lipinski definition) is 1. The molecule has 22 heavy (non-hydrogen) atoms. The van der Waals surface area contributed by atoms with Gasteiger partial charge in [0, 0.05) is 6.54 Å². The molecule has 0 aromatic heterocycles. The molecule has 1 aromatic rings. The Kier molecular flexibility index (Phi) is 5.66. The highest BCUT2D eigenvalue weighted by atomic mass is 16.6. The van der Waals surface area contributed by atoms with Crippen molar-refractivity contribution in [2.45, 2.75) is 39.3 Å². The van der Waals surface area contributed by atoms with Crippen LogP contribution >= 0.6 is 0 Å². The molecule has 0 aliphatic carbocycles. The van der Waals surface area contributed by atoms with E-state index in [0.29, 0.717) is 19.7 Å². The number of amides is 1. The van der Waals surface area contributed by atoms with Crippen LogP contribution < -0.4 is 15.2 Å². The molecule has 1 aliphatic heterocycles. The molecule has 1 heterocycles. The number of carbonyl (C=O) groups is 1. The maximum atomic E-state index is 12.5. The van der Waals surface area contributed by atoms with E-state index in [-0.39, 0.29) is 17.9 Å². The summed E-state index contributed by atoms with van der Waals surface area (Å²) in [6.45, 7) is 7.56. The Balaban J connectivity index is 1.98. The fourth-order valence-corrected chi connectivity index (χ4v) is 2.48. The smallest absolute Gasteiger partial charge is 0.239 e. The molecular formula is C17H26N2O3. The molecule has 5 nitrogen and oxygen atoms in total. The van der Waals surface area contributed by atoms with Crippen molar-refractivity contribution < 1.29 is 14.3 Å². The second-order valence-corrected chi connectivity index (χ2v) is 5.79. The Morgan fingerprint density at radius 2 is 2.05 bits per heavy atom. The number of ether oxygens (including phenoxy) is 2. The second-order valence-electron chi connectivity index (χ2n) is 5.79. The number of para-hydroxylation sites is 2. The Hall–Kier alpha value is -1.75. The van der Waals surface area contributed by atoms with Crippen molar-refractivity contribution in [3.63, 3.8) is 0 Å². The largest absolute Gasteiger partial charge is 0.486 e. The summed E-state index contributed by atoms with van der Waals surface area (Å²) in [7, 11) is 0. The molecule has 2 rings (SSSR count). The fraction of sp³-hybridized carbons (Fsp3) is 0.588. The first kappa shape index (κ1) is 16.6. The molecule has 0 radical (unpaired) electrons. The van der Waals surface area contributed by atoms with Crippen LogP contribution in [0.1, 0.15) is 27.2 Å². The summed E-state index contributed by atoms with van der Waals surface area (Å²) in [6, 6.07) is 7.13. The highest BCUT2D eigenvalue weighted by molar-refractivity contribution is 5.82. The van der Waals surface area contributed by atoms with Gasteiger partial charge in [-0.1, -0.05) is 32.4 Å². The van der Waals surface area contributed by atoms with Crippen LogP contribution in [0.3, 0.4) is 0 Å². The van der Waals surface area contributed by atoms with E-state index in [9.17, 15) is 4.79 Å². The SMILES string of the molecule is CCC(C)C(N)C(=O)N(CC)CC1COc2ccccc2O1. The van der Waals surface area contributed by atoms with E-state index >= 15 is 0 Å². The van der Waals surface area contributed by atoms with Gasteiger partial charge in [0.05, 0.1) is 12.6 Å².